The molecule has 0 spiro atoms. The highest BCUT2D eigenvalue weighted by molar-refractivity contribution is 14.0. The molecule has 1 aliphatic carbocycles. The molecule has 2 rings (SSSR count). The number of rotatable bonds is 6. The summed E-state index contributed by atoms with van der Waals surface area (Å²) in [6.45, 7) is 6.09. The van der Waals surface area contributed by atoms with Crippen LogP contribution in [0.2, 0.25) is 0 Å². The molecule has 29 heavy (non-hydrogen) atoms. The van der Waals surface area contributed by atoms with Gasteiger partial charge in [-0.25, -0.2) is 4.79 Å². The van der Waals surface area contributed by atoms with Gasteiger partial charge in [-0.2, -0.15) is 11.8 Å². The van der Waals surface area contributed by atoms with Crippen molar-refractivity contribution in [1.82, 2.24) is 16.0 Å². The van der Waals surface area contributed by atoms with E-state index in [1.807, 2.05) is 62.9 Å². The van der Waals surface area contributed by atoms with E-state index in [0.717, 1.165) is 29.6 Å². The number of hydrogen-bond acceptors (Lipinski definition) is 4. The van der Waals surface area contributed by atoms with Crippen molar-refractivity contribution in [1.29, 1.82) is 0 Å². The molecule has 1 aromatic rings. The van der Waals surface area contributed by atoms with Gasteiger partial charge in [0.2, 0.25) is 0 Å². The molecule has 1 aromatic carbocycles. The highest BCUT2D eigenvalue weighted by Gasteiger charge is 2.25. The number of thioether (sulfide) groups is 1. The molecule has 0 aromatic heterocycles. The number of alkyl carbamates (subject to hydrolysis) is 1. The molecule has 3 atom stereocenters. The number of benzene rings is 1. The number of hydrogen-bond donors (Lipinski definition) is 3. The van der Waals surface area contributed by atoms with Gasteiger partial charge < -0.3 is 20.7 Å². The van der Waals surface area contributed by atoms with Gasteiger partial charge in [0.05, 0.1) is 6.04 Å². The fourth-order valence-electron chi connectivity index (χ4n) is 3.26. The van der Waals surface area contributed by atoms with Gasteiger partial charge in [-0.05, 0) is 51.9 Å². The van der Waals surface area contributed by atoms with E-state index in [0.29, 0.717) is 12.6 Å². The number of carbonyl (C=O) groups is 1. The van der Waals surface area contributed by atoms with Gasteiger partial charge in [-0.15, -0.1) is 24.0 Å². The van der Waals surface area contributed by atoms with Gasteiger partial charge in [0.25, 0.3) is 0 Å². The number of nitrogens with one attached hydrogen (secondary N) is 3. The summed E-state index contributed by atoms with van der Waals surface area (Å²) in [6.07, 6.45) is 5.30. The Morgan fingerprint density at radius 1 is 1.28 bits per heavy atom. The molecule has 0 radical (unpaired) electrons. The molecule has 0 aliphatic heterocycles. The van der Waals surface area contributed by atoms with Crippen LogP contribution in [0.15, 0.2) is 35.3 Å². The number of aliphatic imine (C=N–C) groups is 1. The minimum absolute atomic E-state index is 0. The molecule has 0 heterocycles. The Bertz CT molecular complexity index is 652. The van der Waals surface area contributed by atoms with E-state index in [9.17, 15) is 4.79 Å². The number of nitrogens with zero attached hydrogens (tertiary/aromatic N) is 1. The maximum absolute atomic E-state index is 12.3. The van der Waals surface area contributed by atoms with E-state index in [1.165, 1.54) is 6.42 Å². The predicted octanol–water partition coefficient (Wildman–Crippen LogP) is 4.32. The molecule has 8 heteroatoms. The zero-order valence-corrected chi connectivity index (χ0v) is 21.2. The van der Waals surface area contributed by atoms with E-state index < -0.39 is 11.7 Å². The SMILES string of the molecule is CN=C(NCC(NC(=O)OC(C)(C)C)c1ccccc1)NC1CCC(SC)C1.I. The van der Waals surface area contributed by atoms with Gasteiger partial charge >= 0.3 is 6.09 Å². The van der Waals surface area contributed by atoms with Crippen LogP contribution in [-0.2, 0) is 4.74 Å². The summed E-state index contributed by atoms with van der Waals surface area (Å²) < 4.78 is 5.43. The molecule has 164 valence electrons. The Balaban J connectivity index is 0.00000420. The summed E-state index contributed by atoms with van der Waals surface area (Å²) in [7, 11) is 1.77. The van der Waals surface area contributed by atoms with E-state index in [2.05, 4.69) is 27.2 Å². The first kappa shape index (κ1) is 25.9. The Morgan fingerprint density at radius 2 is 1.97 bits per heavy atom. The molecule has 1 fully saturated rings. The molecule has 6 nitrogen and oxygen atoms in total. The number of halogens is 1. The Labute approximate surface area is 196 Å². The van der Waals surface area contributed by atoms with Gasteiger partial charge in [-0.3, -0.25) is 4.99 Å². The topological polar surface area (TPSA) is 74.8 Å². The predicted molar refractivity (Wildman–Crippen MR) is 133 cm³/mol. The van der Waals surface area contributed by atoms with Crippen molar-refractivity contribution >= 4 is 47.8 Å². The number of carbonyl (C=O) groups excluding carboxylic acids is 1. The zero-order valence-electron chi connectivity index (χ0n) is 18.0. The van der Waals surface area contributed by atoms with Gasteiger partial charge in [0.1, 0.15) is 5.60 Å². The molecule has 1 amide bonds. The molecule has 3 unspecified atom stereocenters. The summed E-state index contributed by atoms with van der Waals surface area (Å²) in [5.41, 5.74) is 0.478. The second-order valence-electron chi connectivity index (χ2n) is 8.07. The second kappa shape index (κ2) is 12.5. The third kappa shape index (κ3) is 9.46. The monoisotopic (exact) mass is 534 g/mol. The molecule has 1 saturated carbocycles. The van der Waals surface area contributed by atoms with Crippen molar-refractivity contribution in [3.8, 4) is 0 Å². The lowest BCUT2D eigenvalue weighted by Crippen LogP contribution is -2.46. The van der Waals surface area contributed by atoms with Crippen LogP contribution in [0.3, 0.4) is 0 Å². The lowest BCUT2D eigenvalue weighted by molar-refractivity contribution is 0.0504. The second-order valence-corrected chi connectivity index (χ2v) is 9.21. The van der Waals surface area contributed by atoms with Crippen LogP contribution < -0.4 is 16.0 Å². The maximum atomic E-state index is 12.3. The molecular formula is C21H35IN4O2S. The first-order valence-corrected chi connectivity index (χ1v) is 11.1. The van der Waals surface area contributed by atoms with Gasteiger partial charge in [-0.1, -0.05) is 30.3 Å². The standard InChI is InChI=1S/C21H34N4O2S.HI/c1-21(2,3)27-20(26)25-18(15-9-7-6-8-10-15)14-23-19(22-4)24-16-11-12-17(13-16)28-5;/h6-10,16-18H,11-14H2,1-5H3,(H,25,26)(H2,22,23,24);1H. The van der Waals surface area contributed by atoms with Crippen LogP contribution in [-0.4, -0.2) is 48.8 Å². The van der Waals surface area contributed by atoms with Crippen molar-refractivity contribution in [3.05, 3.63) is 35.9 Å². The number of guanidine groups is 1. The largest absolute Gasteiger partial charge is 0.444 e. The lowest BCUT2D eigenvalue weighted by Gasteiger charge is -2.25. The normalized spacial score (nSPS) is 20.4. The molecule has 0 bridgehead atoms. The fourth-order valence-corrected chi connectivity index (χ4v) is 4.06. The van der Waals surface area contributed by atoms with Crippen molar-refractivity contribution in [3.63, 3.8) is 0 Å². The van der Waals surface area contributed by atoms with Crippen LogP contribution in [0.25, 0.3) is 0 Å². The van der Waals surface area contributed by atoms with E-state index >= 15 is 0 Å². The first-order chi connectivity index (χ1) is 13.3. The van der Waals surface area contributed by atoms with Gasteiger partial charge in [0.15, 0.2) is 5.96 Å². The first-order valence-electron chi connectivity index (χ1n) is 9.85. The van der Waals surface area contributed by atoms with Crippen LogP contribution >= 0.6 is 35.7 Å². The summed E-state index contributed by atoms with van der Waals surface area (Å²) >= 11 is 1.94. The number of amides is 1. The third-order valence-corrected chi connectivity index (χ3v) is 5.74. The van der Waals surface area contributed by atoms with Crippen molar-refractivity contribution in [2.75, 3.05) is 19.8 Å². The van der Waals surface area contributed by atoms with Gasteiger partial charge in [0, 0.05) is 24.9 Å². The van der Waals surface area contributed by atoms with Crippen LogP contribution in [0.5, 0.6) is 0 Å². The summed E-state index contributed by atoms with van der Waals surface area (Å²) in [4.78, 5) is 16.6. The van der Waals surface area contributed by atoms with Crippen LogP contribution in [0, 0.1) is 0 Å². The highest BCUT2D eigenvalue weighted by Crippen LogP contribution is 2.28. The molecule has 1 aliphatic rings. The Kier molecular flexibility index (Phi) is 11.2. The van der Waals surface area contributed by atoms with Crippen molar-refractivity contribution < 1.29 is 9.53 Å². The molecular weight excluding hydrogens is 499 g/mol. The average molecular weight is 535 g/mol. The minimum atomic E-state index is -0.535. The van der Waals surface area contributed by atoms with Crippen LogP contribution in [0.1, 0.15) is 51.6 Å². The van der Waals surface area contributed by atoms with E-state index in [4.69, 9.17) is 4.74 Å². The maximum Gasteiger partial charge on any atom is 0.408 e. The van der Waals surface area contributed by atoms with Crippen LogP contribution in [0.4, 0.5) is 4.79 Å². The summed E-state index contributed by atoms with van der Waals surface area (Å²) in [5.74, 6) is 0.763. The van der Waals surface area contributed by atoms with E-state index in [1.54, 1.807) is 7.05 Å². The third-order valence-electron chi connectivity index (χ3n) is 4.65. The quantitative estimate of drug-likeness (QED) is 0.288. The Hall–Kier alpha value is -1.16. The van der Waals surface area contributed by atoms with E-state index in [-0.39, 0.29) is 30.0 Å². The highest BCUT2D eigenvalue weighted by atomic mass is 127. The summed E-state index contributed by atoms with van der Waals surface area (Å²) in [5, 5.41) is 10.6. The smallest absolute Gasteiger partial charge is 0.408 e. The lowest BCUT2D eigenvalue weighted by atomic mass is 10.1. The van der Waals surface area contributed by atoms with Crippen molar-refractivity contribution in [2.45, 2.75) is 63.0 Å². The summed E-state index contributed by atoms with van der Waals surface area (Å²) in [6, 6.07) is 10.1. The zero-order chi connectivity index (χ0) is 20.6. The van der Waals surface area contributed by atoms with Crippen molar-refractivity contribution in [2.24, 2.45) is 4.99 Å². The molecule has 0 saturated heterocycles. The molecule has 3 N–H and O–H groups in total. The minimum Gasteiger partial charge on any atom is -0.444 e. The fraction of sp³-hybridized carbons (Fsp3) is 0.619. The average Bonchev–Trinajstić information content (AvgIpc) is 3.10. The Morgan fingerprint density at radius 3 is 2.52 bits per heavy atom. The number of ether oxygens (including phenoxy) is 1.